The molecule has 0 aliphatic carbocycles. The molecule has 0 saturated heterocycles. The smallest absolute Gasteiger partial charge is 0.444 e. The Balaban J connectivity index is 1.97. The van der Waals surface area contributed by atoms with Gasteiger partial charge < -0.3 is 14.2 Å². The minimum Gasteiger partial charge on any atom is -0.444 e. The topological polar surface area (TPSA) is 93.5 Å². The number of sulfonamides is 1. The number of nitrogens with one attached hydrogen (secondary N) is 1. The monoisotopic (exact) mass is 460 g/mol. The standard InChI is InChI=1S/C19H23F3N4O4S/c1-12-5-7-13(8-6-12)31(28,29)24-15-14-11-25(17(27)30-18(2,3)4)9-10-26(14)16(23-15)19(20,21)22/h5-8,24H,9-11H2,1-4H3. The van der Waals surface area contributed by atoms with Crippen LogP contribution in [-0.4, -0.2) is 41.1 Å². The van der Waals surface area contributed by atoms with Crippen molar-refractivity contribution in [2.45, 2.75) is 57.5 Å². The third-order valence-electron chi connectivity index (χ3n) is 4.47. The summed E-state index contributed by atoms with van der Waals surface area (Å²) in [5.41, 5.74) is -0.0345. The molecule has 0 atom stereocenters. The molecule has 0 fully saturated rings. The van der Waals surface area contributed by atoms with Gasteiger partial charge in [-0.25, -0.2) is 18.2 Å². The van der Waals surface area contributed by atoms with Gasteiger partial charge in [0.25, 0.3) is 10.0 Å². The quantitative estimate of drug-likeness (QED) is 0.753. The predicted molar refractivity (Wildman–Crippen MR) is 106 cm³/mol. The number of aryl methyl sites for hydroxylation is 1. The number of anilines is 1. The van der Waals surface area contributed by atoms with E-state index in [4.69, 9.17) is 4.74 Å². The molecule has 31 heavy (non-hydrogen) atoms. The number of aromatic nitrogens is 2. The van der Waals surface area contributed by atoms with E-state index < -0.39 is 39.5 Å². The highest BCUT2D eigenvalue weighted by atomic mass is 32.2. The highest BCUT2D eigenvalue weighted by molar-refractivity contribution is 7.92. The SMILES string of the molecule is Cc1ccc(S(=O)(=O)Nc2nc(C(F)(F)F)n3c2CN(C(=O)OC(C)(C)C)CC3)cc1. The normalized spacial score (nSPS) is 14.9. The van der Waals surface area contributed by atoms with Gasteiger partial charge in [-0.1, -0.05) is 17.7 Å². The van der Waals surface area contributed by atoms with Gasteiger partial charge in [0.15, 0.2) is 5.82 Å². The lowest BCUT2D eigenvalue weighted by atomic mass is 10.2. The summed E-state index contributed by atoms with van der Waals surface area (Å²) < 4.78 is 74.2. The van der Waals surface area contributed by atoms with Crippen LogP contribution in [0.5, 0.6) is 0 Å². The molecule has 0 spiro atoms. The summed E-state index contributed by atoms with van der Waals surface area (Å²) in [5.74, 6) is -1.70. The Morgan fingerprint density at radius 1 is 1.13 bits per heavy atom. The number of halogens is 3. The largest absolute Gasteiger partial charge is 0.449 e. The van der Waals surface area contributed by atoms with Gasteiger partial charge >= 0.3 is 12.3 Å². The molecule has 0 saturated carbocycles. The molecule has 1 aromatic heterocycles. The maximum absolute atomic E-state index is 13.5. The summed E-state index contributed by atoms with van der Waals surface area (Å²) in [4.78, 5) is 17.0. The van der Waals surface area contributed by atoms with Crippen LogP contribution in [0, 0.1) is 6.92 Å². The van der Waals surface area contributed by atoms with Gasteiger partial charge in [-0.15, -0.1) is 0 Å². The molecule has 3 rings (SSSR count). The van der Waals surface area contributed by atoms with Crippen molar-refractivity contribution >= 4 is 21.9 Å². The highest BCUT2D eigenvalue weighted by Crippen LogP contribution is 2.35. The van der Waals surface area contributed by atoms with E-state index in [0.29, 0.717) is 0 Å². The van der Waals surface area contributed by atoms with Gasteiger partial charge in [-0.05, 0) is 39.8 Å². The number of nitrogens with zero attached hydrogens (tertiary/aromatic N) is 3. The fourth-order valence-electron chi connectivity index (χ4n) is 3.05. The Kier molecular flexibility index (Phi) is 5.72. The van der Waals surface area contributed by atoms with E-state index in [0.717, 1.165) is 10.1 Å². The third-order valence-corrected chi connectivity index (χ3v) is 5.83. The Morgan fingerprint density at radius 2 is 1.74 bits per heavy atom. The van der Waals surface area contributed by atoms with Crippen molar-refractivity contribution in [3.05, 3.63) is 41.3 Å². The molecular formula is C19H23F3N4O4S. The van der Waals surface area contributed by atoms with Crippen LogP contribution >= 0.6 is 0 Å². The van der Waals surface area contributed by atoms with Gasteiger partial charge in [-0.3, -0.25) is 4.72 Å². The molecule has 0 bridgehead atoms. The number of hydrogen-bond acceptors (Lipinski definition) is 5. The minimum absolute atomic E-state index is 0.0362. The molecule has 1 aromatic carbocycles. The van der Waals surface area contributed by atoms with Crippen LogP contribution in [0.1, 0.15) is 37.9 Å². The van der Waals surface area contributed by atoms with Gasteiger partial charge in [0, 0.05) is 13.1 Å². The minimum atomic E-state index is -4.80. The first-order valence-corrected chi connectivity index (χ1v) is 10.9. The molecule has 170 valence electrons. The van der Waals surface area contributed by atoms with E-state index in [1.807, 2.05) is 0 Å². The van der Waals surface area contributed by atoms with Crippen LogP contribution in [0.25, 0.3) is 0 Å². The van der Waals surface area contributed by atoms with Crippen LogP contribution in [0.3, 0.4) is 0 Å². The number of hydrogen-bond donors (Lipinski definition) is 1. The number of alkyl halides is 3. The zero-order valence-corrected chi connectivity index (χ0v) is 18.3. The summed E-state index contributed by atoms with van der Waals surface area (Å²) in [6, 6.07) is 5.83. The van der Waals surface area contributed by atoms with Crippen molar-refractivity contribution in [1.29, 1.82) is 0 Å². The van der Waals surface area contributed by atoms with Crippen LogP contribution in [0.15, 0.2) is 29.2 Å². The molecule has 0 radical (unpaired) electrons. The summed E-state index contributed by atoms with van der Waals surface area (Å²) in [6.45, 7) is 6.25. The zero-order chi connectivity index (χ0) is 23.2. The molecule has 2 aromatic rings. The summed E-state index contributed by atoms with van der Waals surface area (Å²) in [5, 5.41) is 0. The molecule has 0 unspecified atom stereocenters. The Labute approximate surface area is 178 Å². The summed E-state index contributed by atoms with van der Waals surface area (Å²) in [7, 11) is -4.19. The lowest BCUT2D eigenvalue weighted by Crippen LogP contribution is -2.42. The van der Waals surface area contributed by atoms with Gasteiger partial charge in [0.1, 0.15) is 5.60 Å². The Hall–Kier alpha value is -2.76. The van der Waals surface area contributed by atoms with E-state index in [1.54, 1.807) is 39.8 Å². The van der Waals surface area contributed by atoms with Crippen molar-refractivity contribution in [1.82, 2.24) is 14.5 Å². The predicted octanol–water partition coefficient (Wildman–Crippen LogP) is 3.76. The second-order valence-electron chi connectivity index (χ2n) is 8.20. The van der Waals surface area contributed by atoms with E-state index >= 15 is 0 Å². The van der Waals surface area contributed by atoms with Crippen molar-refractivity contribution in [3.63, 3.8) is 0 Å². The van der Waals surface area contributed by atoms with E-state index in [1.165, 1.54) is 17.0 Å². The molecular weight excluding hydrogens is 437 g/mol. The fraction of sp³-hybridized carbons (Fsp3) is 0.474. The lowest BCUT2D eigenvalue weighted by molar-refractivity contribution is -0.147. The number of benzene rings is 1. The number of carbonyl (C=O) groups is 1. The van der Waals surface area contributed by atoms with E-state index in [-0.39, 0.29) is 30.2 Å². The molecule has 1 aliphatic rings. The first-order valence-electron chi connectivity index (χ1n) is 9.41. The fourth-order valence-corrected chi connectivity index (χ4v) is 4.08. The third kappa shape index (κ3) is 5.12. The Bertz CT molecular complexity index is 1090. The Morgan fingerprint density at radius 3 is 2.29 bits per heavy atom. The number of amides is 1. The van der Waals surface area contributed by atoms with Crippen LogP contribution in [0.4, 0.5) is 23.8 Å². The van der Waals surface area contributed by atoms with Gasteiger partial charge in [-0.2, -0.15) is 13.2 Å². The van der Waals surface area contributed by atoms with E-state index in [2.05, 4.69) is 9.71 Å². The van der Waals surface area contributed by atoms with Gasteiger partial charge in [0.2, 0.25) is 5.82 Å². The number of imidazole rings is 1. The second kappa shape index (κ2) is 7.74. The van der Waals surface area contributed by atoms with Crippen LogP contribution in [-0.2, 0) is 34.0 Å². The zero-order valence-electron chi connectivity index (χ0n) is 17.4. The van der Waals surface area contributed by atoms with Crippen molar-refractivity contribution < 1.29 is 31.1 Å². The molecule has 1 N–H and O–H groups in total. The van der Waals surface area contributed by atoms with Crippen molar-refractivity contribution in [2.24, 2.45) is 0 Å². The van der Waals surface area contributed by atoms with Crippen molar-refractivity contribution in [2.75, 3.05) is 11.3 Å². The first kappa shape index (κ1) is 22.9. The molecule has 1 amide bonds. The maximum Gasteiger partial charge on any atom is 0.449 e. The average Bonchev–Trinajstić information content (AvgIpc) is 2.98. The lowest BCUT2D eigenvalue weighted by Gasteiger charge is -2.31. The molecule has 1 aliphatic heterocycles. The number of ether oxygens (including phenoxy) is 1. The molecule has 8 nitrogen and oxygen atoms in total. The first-order chi connectivity index (χ1) is 14.2. The number of fused-ring (bicyclic) bond motifs is 1. The summed E-state index contributed by atoms with van der Waals surface area (Å²) in [6.07, 6.45) is -5.50. The number of rotatable bonds is 3. The van der Waals surface area contributed by atoms with Gasteiger partial charge in [0.05, 0.1) is 17.1 Å². The summed E-state index contributed by atoms with van der Waals surface area (Å²) >= 11 is 0. The number of carbonyl (C=O) groups excluding carboxylic acids is 1. The second-order valence-corrected chi connectivity index (χ2v) is 9.88. The maximum atomic E-state index is 13.5. The van der Waals surface area contributed by atoms with Crippen molar-refractivity contribution in [3.8, 4) is 0 Å². The van der Waals surface area contributed by atoms with Crippen LogP contribution in [0.2, 0.25) is 0 Å². The average molecular weight is 460 g/mol. The van der Waals surface area contributed by atoms with Crippen LogP contribution < -0.4 is 4.72 Å². The van der Waals surface area contributed by atoms with E-state index in [9.17, 15) is 26.4 Å². The molecule has 2 heterocycles. The highest BCUT2D eigenvalue weighted by Gasteiger charge is 2.41. The molecule has 12 heteroatoms.